The second-order valence-corrected chi connectivity index (χ2v) is 8.96. The van der Waals surface area contributed by atoms with Gasteiger partial charge in [0, 0.05) is 36.3 Å². The van der Waals surface area contributed by atoms with Crippen LogP contribution in [0.15, 0.2) is 52.5 Å². The van der Waals surface area contributed by atoms with Crippen LogP contribution < -0.4 is 10.7 Å². The number of aromatic nitrogens is 4. The Kier molecular flexibility index (Phi) is 5.10. The summed E-state index contributed by atoms with van der Waals surface area (Å²) in [6.07, 6.45) is 9.36. The van der Waals surface area contributed by atoms with Gasteiger partial charge in [0.05, 0.1) is 6.04 Å². The average molecular weight is 414 g/mol. The molecule has 3 heterocycles. The lowest BCUT2D eigenvalue weighted by Crippen LogP contribution is -2.26. The third-order valence-corrected chi connectivity index (χ3v) is 6.39. The molecule has 2 N–H and O–H groups in total. The van der Waals surface area contributed by atoms with Gasteiger partial charge in [0.1, 0.15) is 4.90 Å². The van der Waals surface area contributed by atoms with Crippen LogP contribution in [0.5, 0.6) is 0 Å². The van der Waals surface area contributed by atoms with Crippen molar-refractivity contribution in [2.45, 2.75) is 50.0 Å². The molecule has 0 bridgehead atoms. The fourth-order valence-electron chi connectivity index (χ4n) is 4.05. The number of rotatable bonds is 5. The highest BCUT2D eigenvalue weighted by atomic mass is 32.2. The van der Waals surface area contributed by atoms with Gasteiger partial charge in [-0.25, -0.2) is 18.5 Å². The largest absolute Gasteiger partial charge is 0.278 e. The van der Waals surface area contributed by atoms with Crippen LogP contribution in [0.1, 0.15) is 48.5 Å². The molecule has 9 heteroatoms. The van der Waals surface area contributed by atoms with E-state index in [-0.39, 0.29) is 16.5 Å². The maximum atomic E-state index is 13.4. The summed E-state index contributed by atoms with van der Waals surface area (Å²) in [4.78, 5) is 21.7. The van der Waals surface area contributed by atoms with E-state index >= 15 is 0 Å². The van der Waals surface area contributed by atoms with Crippen LogP contribution in [-0.4, -0.2) is 27.7 Å². The van der Waals surface area contributed by atoms with E-state index in [1.807, 2.05) is 23.7 Å². The SMILES string of the molecule is Cc1c(Cc2cccnc2)c(=O)n(-c2ccc(S(N)(=O)=O)cn2)n1C1CCCC1. The van der Waals surface area contributed by atoms with Crippen molar-refractivity contribution >= 4 is 10.0 Å². The number of primary sulfonamides is 1. The van der Waals surface area contributed by atoms with Crippen LogP contribution in [0.2, 0.25) is 0 Å². The molecule has 1 fully saturated rings. The maximum absolute atomic E-state index is 13.4. The zero-order valence-corrected chi connectivity index (χ0v) is 17.0. The number of sulfonamides is 1. The first-order chi connectivity index (χ1) is 13.9. The zero-order chi connectivity index (χ0) is 20.6. The van der Waals surface area contributed by atoms with Gasteiger partial charge in [-0.15, -0.1) is 0 Å². The Bertz CT molecular complexity index is 1180. The summed E-state index contributed by atoms with van der Waals surface area (Å²) in [6.45, 7) is 1.96. The fraction of sp³-hybridized carbons (Fsp3) is 0.350. The molecular formula is C20H23N5O3S. The van der Waals surface area contributed by atoms with Crippen LogP contribution in [0.3, 0.4) is 0 Å². The van der Waals surface area contributed by atoms with Crippen molar-refractivity contribution in [3.05, 3.63) is 70.0 Å². The molecule has 0 amide bonds. The Hall–Kier alpha value is -2.78. The summed E-state index contributed by atoms with van der Waals surface area (Å²) in [6, 6.07) is 6.92. The van der Waals surface area contributed by atoms with E-state index in [0.717, 1.165) is 36.9 Å². The summed E-state index contributed by atoms with van der Waals surface area (Å²) in [5, 5.41) is 5.17. The van der Waals surface area contributed by atoms with Crippen LogP contribution in [-0.2, 0) is 16.4 Å². The average Bonchev–Trinajstić information content (AvgIpc) is 3.31. The van der Waals surface area contributed by atoms with Crippen molar-refractivity contribution in [3.8, 4) is 5.82 Å². The van der Waals surface area contributed by atoms with E-state index in [1.54, 1.807) is 17.1 Å². The summed E-state index contributed by atoms with van der Waals surface area (Å²) in [7, 11) is -3.84. The van der Waals surface area contributed by atoms with E-state index in [9.17, 15) is 13.2 Å². The zero-order valence-electron chi connectivity index (χ0n) is 16.2. The molecule has 0 atom stereocenters. The molecule has 0 unspecified atom stereocenters. The van der Waals surface area contributed by atoms with Gasteiger partial charge in [-0.3, -0.25) is 14.5 Å². The molecule has 0 spiro atoms. The minimum atomic E-state index is -3.84. The molecule has 0 aromatic carbocycles. The van der Waals surface area contributed by atoms with E-state index in [4.69, 9.17) is 5.14 Å². The Morgan fingerprint density at radius 1 is 1.17 bits per heavy atom. The highest BCUT2D eigenvalue weighted by Gasteiger charge is 2.26. The van der Waals surface area contributed by atoms with E-state index in [1.165, 1.54) is 18.3 Å². The first-order valence-corrected chi connectivity index (χ1v) is 11.1. The Morgan fingerprint density at radius 3 is 2.52 bits per heavy atom. The van der Waals surface area contributed by atoms with Gasteiger partial charge in [0.25, 0.3) is 5.56 Å². The minimum Gasteiger partial charge on any atom is -0.278 e. The number of nitrogens with two attached hydrogens (primary N) is 1. The molecular weight excluding hydrogens is 390 g/mol. The summed E-state index contributed by atoms with van der Waals surface area (Å²) in [5.41, 5.74) is 2.42. The third-order valence-electron chi connectivity index (χ3n) is 5.49. The quantitative estimate of drug-likeness (QED) is 0.688. The predicted molar refractivity (Wildman–Crippen MR) is 108 cm³/mol. The Morgan fingerprint density at radius 2 is 1.93 bits per heavy atom. The number of pyridine rings is 2. The molecule has 29 heavy (non-hydrogen) atoms. The normalized spacial score (nSPS) is 15.1. The van der Waals surface area contributed by atoms with Gasteiger partial charge in [-0.1, -0.05) is 18.9 Å². The van der Waals surface area contributed by atoms with Crippen molar-refractivity contribution in [2.24, 2.45) is 5.14 Å². The Balaban J connectivity index is 1.85. The van der Waals surface area contributed by atoms with Gasteiger partial charge in [0.15, 0.2) is 5.82 Å². The third kappa shape index (κ3) is 3.75. The molecule has 0 aliphatic heterocycles. The highest BCUT2D eigenvalue weighted by molar-refractivity contribution is 7.89. The van der Waals surface area contributed by atoms with Gasteiger partial charge in [0.2, 0.25) is 10.0 Å². The van der Waals surface area contributed by atoms with Crippen molar-refractivity contribution < 1.29 is 8.42 Å². The first kappa shape index (κ1) is 19.5. The van der Waals surface area contributed by atoms with Gasteiger partial charge in [-0.05, 0) is 43.5 Å². The molecule has 0 radical (unpaired) electrons. The van der Waals surface area contributed by atoms with Crippen LogP contribution in [0.4, 0.5) is 0 Å². The maximum Gasteiger partial charge on any atom is 0.276 e. The number of hydrogen-bond donors (Lipinski definition) is 1. The number of hydrogen-bond acceptors (Lipinski definition) is 5. The molecule has 1 aliphatic carbocycles. The van der Waals surface area contributed by atoms with Crippen molar-refractivity contribution in [3.63, 3.8) is 0 Å². The summed E-state index contributed by atoms with van der Waals surface area (Å²) in [5.74, 6) is 0.384. The van der Waals surface area contributed by atoms with E-state index in [2.05, 4.69) is 9.97 Å². The van der Waals surface area contributed by atoms with Crippen molar-refractivity contribution in [1.82, 2.24) is 19.3 Å². The molecule has 152 valence electrons. The van der Waals surface area contributed by atoms with Gasteiger partial charge < -0.3 is 0 Å². The minimum absolute atomic E-state index is 0.0828. The van der Waals surface area contributed by atoms with Crippen molar-refractivity contribution in [2.75, 3.05) is 0 Å². The molecule has 8 nitrogen and oxygen atoms in total. The molecule has 3 aromatic rings. The molecule has 3 aromatic heterocycles. The lowest BCUT2D eigenvalue weighted by Gasteiger charge is -2.19. The lowest BCUT2D eigenvalue weighted by atomic mass is 10.1. The molecule has 0 saturated heterocycles. The highest BCUT2D eigenvalue weighted by Crippen LogP contribution is 2.32. The Labute approximate surface area is 169 Å². The standard InChI is InChI=1S/C20H23N5O3S/c1-14-18(11-15-5-4-10-22-12-15)20(26)25(24(14)16-6-2-3-7-16)19-9-8-17(13-23-19)29(21,27)28/h4-5,8-10,12-13,16H,2-3,6-7,11H2,1H3,(H2,21,27,28). The topological polar surface area (TPSA) is 113 Å². The number of nitrogens with zero attached hydrogens (tertiary/aromatic N) is 4. The monoisotopic (exact) mass is 413 g/mol. The van der Waals surface area contributed by atoms with Gasteiger partial charge >= 0.3 is 0 Å². The second kappa shape index (κ2) is 7.57. The van der Waals surface area contributed by atoms with E-state index < -0.39 is 10.0 Å². The van der Waals surface area contributed by atoms with Crippen LogP contribution in [0, 0.1) is 6.92 Å². The molecule has 4 rings (SSSR count). The van der Waals surface area contributed by atoms with Gasteiger partial charge in [-0.2, -0.15) is 4.68 Å². The summed E-state index contributed by atoms with van der Waals surface area (Å²) >= 11 is 0. The molecule has 1 saturated carbocycles. The van der Waals surface area contributed by atoms with E-state index in [0.29, 0.717) is 17.8 Å². The molecule has 1 aliphatic rings. The van der Waals surface area contributed by atoms with Crippen molar-refractivity contribution in [1.29, 1.82) is 0 Å². The van der Waals surface area contributed by atoms with Crippen LogP contribution >= 0.6 is 0 Å². The summed E-state index contributed by atoms with van der Waals surface area (Å²) < 4.78 is 26.7. The smallest absolute Gasteiger partial charge is 0.276 e. The lowest BCUT2D eigenvalue weighted by molar-refractivity contribution is 0.413. The van der Waals surface area contributed by atoms with Crippen LogP contribution in [0.25, 0.3) is 5.82 Å². The second-order valence-electron chi connectivity index (χ2n) is 7.40. The first-order valence-electron chi connectivity index (χ1n) is 9.57. The fourth-order valence-corrected chi connectivity index (χ4v) is 4.50. The predicted octanol–water partition coefficient (Wildman–Crippen LogP) is 2.09.